The SMILES string of the molecule is CS(=O)(=O)NCC[C@@H]1CCOC12CN(CC1CC1)C2. The molecule has 19 heavy (non-hydrogen) atoms. The molecule has 1 aliphatic carbocycles. The first kappa shape index (κ1) is 13.8. The first-order valence-corrected chi connectivity index (χ1v) is 9.17. The van der Waals surface area contributed by atoms with Gasteiger partial charge in [-0.1, -0.05) is 0 Å². The van der Waals surface area contributed by atoms with Crippen molar-refractivity contribution < 1.29 is 13.2 Å². The van der Waals surface area contributed by atoms with E-state index in [2.05, 4.69) is 9.62 Å². The molecule has 2 saturated heterocycles. The van der Waals surface area contributed by atoms with Gasteiger partial charge >= 0.3 is 0 Å². The Balaban J connectivity index is 1.46. The van der Waals surface area contributed by atoms with Crippen LogP contribution in [0.4, 0.5) is 0 Å². The third kappa shape index (κ3) is 3.29. The molecule has 5 nitrogen and oxygen atoms in total. The Bertz CT molecular complexity index is 427. The summed E-state index contributed by atoms with van der Waals surface area (Å²) in [5.41, 5.74) is 0.0358. The quantitative estimate of drug-likeness (QED) is 0.770. The molecule has 0 unspecified atom stereocenters. The lowest BCUT2D eigenvalue weighted by molar-refractivity contribution is -0.134. The monoisotopic (exact) mass is 288 g/mol. The van der Waals surface area contributed by atoms with E-state index >= 15 is 0 Å². The number of nitrogens with zero attached hydrogens (tertiary/aromatic N) is 1. The highest BCUT2D eigenvalue weighted by Gasteiger charge is 2.52. The zero-order valence-electron chi connectivity index (χ0n) is 11.6. The van der Waals surface area contributed by atoms with E-state index in [4.69, 9.17) is 4.74 Å². The molecule has 1 saturated carbocycles. The number of hydrogen-bond acceptors (Lipinski definition) is 4. The maximum atomic E-state index is 11.1. The van der Waals surface area contributed by atoms with Crippen LogP contribution in [0.3, 0.4) is 0 Å². The standard InChI is InChI=1S/C13H24N2O3S/c1-19(16,17)14-6-4-12-5-7-18-13(12)9-15(10-13)8-11-2-3-11/h11-12,14H,2-10H2,1H3/t12-/m1/s1. The summed E-state index contributed by atoms with van der Waals surface area (Å²) in [5.74, 6) is 1.45. The van der Waals surface area contributed by atoms with Gasteiger partial charge < -0.3 is 4.74 Å². The van der Waals surface area contributed by atoms with Gasteiger partial charge in [0, 0.05) is 32.8 Å². The summed E-state index contributed by atoms with van der Waals surface area (Å²) in [6.45, 7) is 4.71. The molecule has 6 heteroatoms. The summed E-state index contributed by atoms with van der Waals surface area (Å²) < 4.78 is 30.7. The van der Waals surface area contributed by atoms with Crippen molar-refractivity contribution in [1.29, 1.82) is 0 Å². The van der Waals surface area contributed by atoms with Crippen molar-refractivity contribution in [2.24, 2.45) is 11.8 Å². The lowest BCUT2D eigenvalue weighted by Crippen LogP contribution is -2.65. The Morgan fingerprint density at radius 2 is 2.05 bits per heavy atom. The van der Waals surface area contributed by atoms with Crippen LogP contribution in [-0.4, -0.2) is 58.0 Å². The summed E-state index contributed by atoms with van der Waals surface area (Å²) in [6, 6.07) is 0. The highest BCUT2D eigenvalue weighted by atomic mass is 32.2. The number of ether oxygens (including phenoxy) is 1. The molecular formula is C13H24N2O3S. The molecule has 2 aliphatic heterocycles. The summed E-state index contributed by atoms with van der Waals surface area (Å²) in [5, 5.41) is 0. The van der Waals surface area contributed by atoms with Crippen LogP contribution in [0, 0.1) is 11.8 Å². The molecule has 0 aromatic carbocycles. The van der Waals surface area contributed by atoms with E-state index in [-0.39, 0.29) is 5.60 Å². The molecule has 0 bridgehead atoms. The predicted molar refractivity (Wildman–Crippen MR) is 73.4 cm³/mol. The molecule has 3 fully saturated rings. The molecule has 1 N–H and O–H groups in total. The minimum Gasteiger partial charge on any atom is -0.372 e. The first-order chi connectivity index (χ1) is 8.97. The van der Waals surface area contributed by atoms with Crippen molar-refractivity contribution >= 4 is 10.0 Å². The van der Waals surface area contributed by atoms with Crippen molar-refractivity contribution in [2.45, 2.75) is 31.3 Å². The summed E-state index contributed by atoms with van der Waals surface area (Å²) in [6.07, 6.45) is 5.97. The second kappa shape index (κ2) is 4.98. The maximum absolute atomic E-state index is 11.1. The Morgan fingerprint density at radius 1 is 1.32 bits per heavy atom. The summed E-state index contributed by atoms with van der Waals surface area (Å²) >= 11 is 0. The number of rotatable bonds is 6. The minimum absolute atomic E-state index is 0.0358. The highest BCUT2D eigenvalue weighted by molar-refractivity contribution is 7.88. The fourth-order valence-corrected chi connectivity index (χ4v) is 3.95. The van der Waals surface area contributed by atoms with Gasteiger partial charge in [-0.3, -0.25) is 4.90 Å². The van der Waals surface area contributed by atoms with Crippen LogP contribution in [0.5, 0.6) is 0 Å². The van der Waals surface area contributed by atoms with Crippen LogP contribution in [0.25, 0.3) is 0 Å². The van der Waals surface area contributed by atoms with Crippen LogP contribution in [0.15, 0.2) is 0 Å². The molecular weight excluding hydrogens is 264 g/mol. The topological polar surface area (TPSA) is 58.6 Å². The number of nitrogens with one attached hydrogen (secondary N) is 1. The normalized spacial score (nSPS) is 30.7. The van der Waals surface area contributed by atoms with Gasteiger partial charge in [-0.2, -0.15) is 0 Å². The fourth-order valence-electron chi connectivity index (χ4n) is 3.47. The van der Waals surface area contributed by atoms with E-state index in [0.29, 0.717) is 12.5 Å². The molecule has 0 amide bonds. The largest absolute Gasteiger partial charge is 0.372 e. The molecule has 2 heterocycles. The maximum Gasteiger partial charge on any atom is 0.208 e. The summed E-state index contributed by atoms with van der Waals surface area (Å²) in [7, 11) is -3.06. The second-order valence-corrected chi connectivity index (χ2v) is 8.30. The van der Waals surface area contributed by atoms with E-state index in [1.54, 1.807) is 0 Å². The van der Waals surface area contributed by atoms with Crippen molar-refractivity contribution in [1.82, 2.24) is 9.62 Å². The smallest absolute Gasteiger partial charge is 0.208 e. The molecule has 1 spiro atoms. The van der Waals surface area contributed by atoms with Crippen LogP contribution >= 0.6 is 0 Å². The van der Waals surface area contributed by atoms with Gasteiger partial charge in [0.15, 0.2) is 0 Å². The van der Waals surface area contributed by atoms with Gasteiger partial charge in [-0.15, -0.1) is 0 Å². The number of likely N-dealkylation sites (tertiary alicyclic amines) is 1. The Labute approximate surface area is 115 Å². The van der Waals surface area contributed by atoms with Crippen LogP contribution < -0.4 is 4.72 Å². The van der Waals surface area contributed by atoms with Crippen molar-refractivity contribution in [3.05, 3.63) is 0 Å². The van der Waals surface area contributed by atoms with Gasteiger partial charge in [-0.05, 0) is 37.5 Å². The third-order valence-corrected chi connectivity index (χ3v) is 5.38. The average molecular weight is 288 g/mol. The minimum atomic E-state index is -3.06. The van der Waals surface area contributed by atoms with Gasteiger partial charge in [0.1, 0.15) is 0 Å². The average Bonchev–Trinajstić information content (AvgIpc) is 2.96. The van der Waals surface area contributed by atoms with Crippen LogP contribution in [0.1, 0.15) is 25.7 Å². The first-order valence-electron chi connectivity index (χ1n) is 7.28. The fraction of sp³-hybridized carbons (Fsp3) is 1.00. The Morgan fingerprint density at radius 3 is 2.68 bits per heavy atom. The van der Waals surface area contributed by atoms with E-state index < -0.39 is 10.0 Å². The van der Waals surface area contributed by atoms with Crippen molar-refractivity contribution in [2.75, 3.05) is 39.0 Å². The molecule has 0 aromatic heterocycles. The molecule has 110 valence electrons. The lowest BCUT2D eigenvalue weighted by Gasteiger charge is -2.50. The lowest BCUT2D eigenvalue weighted by atomic mass is 9.79. The van der Waals surface area contributed by atoms with E-state index in [1.165, 1.54) is 25.6 Å². The van der Waals surface area contributed by atoms with Crippen molar-refractivity contribution in [3.8, 4) is 0 Å². The highest BCUT2D eigenvalue weighted by Crippen LogP contribution is 2.43. The van der Waals surface area contributed by atoms with Gasteiger partial charge in [0.2, 0.25) is 10.0 Å². The van der Waals surface area contributed by atoms with Crippen LogP contribution in [-0.2, 0) is 14.8 Å². The molecule has 0 aromatic rings. The number of sulfonamides is 1. The van der Waals surface area contributed by atoms with E-state index in [1.807, 2.05) is 0 Å². The molecule has 3 rings (SSSR count). The summed E-state index contributed by atoms with van der Waals surface area (Å²) in [4.78, 5) is 2.50. The predicted octanol–water partition coefficient (Wildman–Crippen LogP) is 0.427. The zero-order chi connectivity index (χ0) is 13.5. The zero-order valence-corrected chi connectivity index (χ0v) is 12.4. The van der Waals surface area contributed by atoms with Crippen molar-refractivity contribution in [3.63, 3.8) is 0 Å². The van der Waals surface area contributed by atoms with Gasteiger partial charge in [0.05, 0.1) is 11.9 Å². The Kier molecular flexibility index (Phi) is 3.62. The van der Waals surface area contributed by atoms with E-state index in [9.17, 15) is 8.42 Å². The van der Waals surface area contributed by atoms with Crippen LogP contribution in [0.2, 0.25) is 0 Å². The Hall–Kier alpha value is -0.170. The second-order valence-electron chi connectivity index (χ2n) is 6.47. The van der Waals surface area contributed by atoms with Gasteiger partial charge in [-0.25, -0.2) is 13.1 Å². The van der Waals surface area contributed by atoms with E-state index in [0.717, 1.165) is 38.5 Å². The molecule has 0 radical (unpaired) electrons. The molecule has 1 atom stereocenters. The third-order valence-electron chi connectivity index (χ3n) is 4.65. The van der Waals surface area contributed by atoms with Gasteiger partial charge in [0.25, 0.3) is 0 Å². The molecule has 3 aliphatic rings. The number of hydrogen-bond donors (Lipinski definition) is 1.